The van der Waals surface area contributed by atoms with Gasteiger partial charge in [-0.15, -0.1) is 0 Å². The highest BCUT2D eigenvalue weighted by atomic mass is 16.7. The van der Waals surface area contributed by atoms with Crippen molar-refractivity contribution in [3.05, 3.63) is 0 Å². The minimum atomic E-state index is -1.44. The highest BCUT2D eigenvalue weighted by Crippen LogP contribution is 2.49. The van der Waals surface area contributed by atoms with Crippen LogP contribution in [0.5, 0.6) is 0 Å². The zero-order valence-electron chi connectivity index (χ0n) is 16.1. The van der Waals surface area contributed by atoms with Gasteiger partial charge in [0.1, 0.15) is 11.4 Å². The number of Topliss-reactive ketones (excluding diaryl/α,β-unsaturated/α-hetero) is 1. The molecule has 0 aromatic rings. The molecule has 0 spiro atoms. The minimum Gasteiger partial charge on any atom is -0.368 e. The summed E-state index contributed by atoms with van der Waals surface area (Å²) < 4.78 is 0. The molecule has 1 N–H and O–H groups in total. The van der Waals surface area contributed by atoms with E-state index in [-0.39, 0.29) is 30.4 Å². The van der Waals surface area contributed by atoms with Crippen molar-refractivity contribution in [1.29, 1.82) is 0 Å². The molecule has 5 heteroatoms. The molecule has 1 aliphatic rings. The number of ketones is 1. The second kappa shape index (κ2) is 5.85. The average Bonchev–Trinajstić information content (AvgIpc) is 2.59. The van der Waals surface area contributed by atoms with Crippen LogP contribution in [0.1, 0.15) is 75.2 Å². The Morgan fingerprint density at radius 1 is 1.17 bits per heavy atom. The third-order valence-electron chi connectivity index (χ3n) is 4.53. The first-order valence-electron chi connectivity index (χ1n) is 8.32. The van der Waals surface area contributed by atoms with Crippen LogP contribution < -0.4 is 0 Å². The third kappa shape index (κ3) is 3.94. The Balaban J connectivity index is 3.19. The number of rotatable bonds is 3. The lowest BCUT2D eigenvalue weighted by Gasteiger charge is -2.41. The molecule has 1 saturated heterocycles. The molecule has 134 valence electrons. The Morgan fingerprint density at radius 2 is 1.65 bits per heavy atom. The minimum absolute atomic E-state index is 0.0510. The largest absolute Gasteiger partial charge is 0.368 e. The number of carbonyl (C=O) groups is 2. The first kappa shape index (κ1) is 20.1. The summed E-state index contributed by atoms with van der Waals surface area (Å²) in [5.41, 5.74) is -3.42. The number of amides is 1. The van der Waals surface area contributed by atoms with Gasteiger partial charge in [0.25, 0.3) is 5.91 Å². The van der Waals surface area contributed by atoms with Crippen molar-refractivity contribution in [2.75, 3.05) is 0 Å². The fourth-order valence-corrected chi connectivity index (χ4v) is 2.65. The number of hydrogen-bond donors (Lipinski definition) is 1. The van der Waals surface area contributed by atoms with Crippen LogP contribution in [-0.4, -0.2) is 33.2 Å². The third-order valence-corrected chi connectivity index (χ3v) is 4.53. The van der Waals surface area contributed by atoms with Gasteiger partial charge >= 0.3 is 0 Å². The van der Waals surface area contributed by atoms with Crippen molar-refractivity contribution in [3.63, 3.8) is 0 Å². The normalized spacial score (nSPS) is 29.3. The lowest BCUT2D eigenvalue weighted by atomic mass is 9.75. The molecule has 23 heavy (non-hydrogen) atoms. The first-order valence-corrected chi connectivity index (χ1v) is 8.32. The van der Waals surface area contributed by atoms with Crippen LogP contribution in [0.2, 0.25) is 0 Å². The maximum atomic E-state index is 12.5. The number of hydrogen-bond acceptors (Lipinski definition) is 4. The van der Waals surface area contributed by atoms with Crippen molar-refractivity contribution in [2.24, 2.45) is 16.7 Å². The monoisotopic (exact) mass is 327 g/mol. The summed E-state index contributed by atoms with van der Waals surface area (Å²) in [6.07, 6.45) is 0.376. The summed E-state index contributed by atoms with van der Waals surface area (Å²) in [6, 6.07) is 0. The van der Waals surface area contributed by atoms with Crippen LogP contribution in [0.15, 0.2) is 0 Å². The molecule has 0 unspecified atom stereocenters. The average molecular weight is 327 g/mol. The summed E-state index contributed by atoms with van der Waals surface area (Å²) in [6.45, 7) is 16.5. The molecule has 1 amide bonds. The summed E-state index contributed by atoms with van der Waals surface area (Å²) in [5, 5.41) is 12.3. The molecule has 1 heterocycles. The summed E-state index contributed by atoms with van der Waals surface area (Å²) >= 11 is 0. The van der Waals surface area contributed by atoms with E-state index in [0.717, 1.165) is 5.06 Å². The molecule has 5 nitrogen and oxygen atoms in total. The van der Waals surface area contributed by atoms with Crippen molar-refractivity contribution in [3.8, 4) is 0 Å². The van der Waals surface area contributed by atoms with Gasteiger partial charge in [-0.25, -0.2) is 0 Å². The van der Waals surface area contributed by atoms with E-state index >= 15 is 0 Å². The van der Waals surface area contributed by atoms with E-state index < -0.39 is 22.2 Å². The molecule has 0 radical (unpaired) electrons. The number of aliphatic hydroxyl groups is 1. The molecule has 1 rings (SSSR count). The van der Waals surface area contributed by atoms with Crippen LogP contribution in [0.3, 0.4) is 0 Å². The van der Waals surface area contributed by atoms with Gasteiger partial charge in [-0.05, 0) is 6.92 Å². The van der Waals surface area contributed by atoms with Gasteiger partial charge in [0.05, 0.1) is 0 Å². The van der Waals surface area contributed by atoms with Crippen LogP contribution in [0, 0.1) is 16.7 Å². The molecule has 0 aromatic heterocycles. The second-order valence-electron chi connectivity index (χ2n) is 9.42. The number of carbonyl (C=O) groups excluding carboxylic acids is 2. The van der Waals surface area contributed by atoms with Crippen LogP contribution >= 0.6 is 0 Å². The van der Waals surface area contributed by atoms with Crippen molar-refractivity contribution >= 4 is 11.7 Å². The molecule has 1 aliphatic heterocycles. The lowest BCUT2D eigenvalue weighted by molar-refractivity contribution is -0.278. The molecular weight excluding hydrogens is 294 g/mol. The Bertz CT molecular complexity index is 486. The summed E-state index contributed by atoms with van der Waals surface area (Å²) in [7, 11) is 0. The van der Waals surface area contributed by atoms with Gasteiger partial charge < -0.3 is 5.11 Å². The predicted octanol–water partition coefficient (Wildman–Crippen LogP) is 3.31. The molecule has 0 aliphatic carbocycles. The number of hydroxylamine groups is 2. The molecule has 0 saturated carbocycles. The standard InChI is InChI=1S/C18H33NO4/c1-12(2)14(21)19-18(22,16(6,7)8)11-17(9,23-19)10-13(20)15(3,4)5/h12,22H,10-11H2,1-9H3/t17-,18-/m1/s1. The first-order chi connectivity index (χ1) is 10.0. The van der Waals surface area contributed by atoms with Crippen molar-refractivity contribution < 1.29 is 19.5 Å². The molecule has 0 bridgehead atoms. The Hall–Kier alpha value is -0.940. The van der Waals surface area contributed by atoms with E-state index in [4.69, 9.17) is 4.84 Å². The van der Waals surface area contributed by atoms with E-state index in [1.54, 1.807) is 20.8 Å². The SMILES string of the molecule is CC(C)C(=O)N1O[C@](C)(CC(=O)C(C)(C)C)C[C@@]1(O)C(C)(C)C. The Kier molecular flexibility index (Phi) is 5.11. The van der Waals surface area contributed by atoms with Gasteiger partial charge in [0.2, 0.25) is 0 Å². The smallest absolute Gasteiger partial charge is 0.251 e. The summed E-state index contributed by atoms with van der Waals surface area (Å²) in [5.74, 6) is -0.519. The zero-order valence-corrected chi connectivity index (χ0v) is 16.1. The molecule has 0 aromatic carbocycles. The predicted molar refractivity (Wildman–Crippen MR) is 89.3 cm³/mol. The van der Waals surface area contributed by atoms with E-state index in [1.807, 2.05) is 41.5 Å². The van der Waals surface area contributed by atoms with Gasteiger partial charge in [-0.1, -0.05) is 55.4 Å². The maximum Gasteiger partial charge on any atom is 0.251 e. The van der Waals surface area contributed by atoms with E-state index in [0.29, 0.717) is 0 Å². The van der Waals surface area contributed by atoms with Gasteiger partial charge in [-0.3, -0.25) is 14.4 Å². The molecular formula is C18H33NO4. The van der Waals surface area contributed by atoms with Crippen molar-refractivity contribution in [2.45, 2.75) is 86.5 Å². The quantitative estimate of drug-likeness (QED) is 0.863. The van der Waals surface area contributed by atoms with E-state index in [1.165, 1.54) is 0 Å². The van der Waals surface area contributed by atoms with Crippen LogP contribution in [0.25, 0.3) is 0 Å². The Morgan fingerprint density at radius 3 is 2.00 bits per heavy atom. The molecule has 2 atom stereocenters. The summed E-state index contributed by atoms with van der Waals surface area (Å²) in [4.78, 5) is 30.9. The highest BCUT2D eigenvalue weighted by molar-refractivity contribution is 5.84. The van der Waals surface area contributed by atoms with E-state index in [9.17, 15) is 14.7 Å². The van der Waals surface area contributed by atoms with Gasteiger partial charge in [0.15, 0.2) is 5.72 Å². The van der Waals surface area contributed by atoms with Crippen LogP contribution in [-0.2, 0) is 14.4 Å². The topological polar surface area (TPSA) is 66.8 Å². The van der Waals surface area contributed by atoms with Crippen molar-refractivity contribution in [1.82, 2.24) is 5.06 Å². The second-order valence-corrected chi connectivity index (χ2v) is 9.42. The van der Waals surface area contributed by atoms with E-state index in [2.05, 4.69) is 0 Å². The van der Waals surface area contributed by atoms with Crippen LogP contribution in [0.4, 0.5) is 0 Å². The number of nitrogens with zero attached hydrogens (tertiary/aromatic N) is 1. The maximum absolute atomic E-state index is 12.5. The lowest BCUT2D eigenvalue weighted by Crippen LogP contribution is -2.56. The van der Waals surface area contributed by atoms with Gasteiger partial charge in [-0.2, -0.15) is 5.06 Å². The van der Waals surface area contributed by atoms with Gasteiger partial charge in [0, 0.05) is 29.6 Å². The zero-order chi connectivity index (χ0) is 18.4. The Labute approximate surface area is 140 Å². The fourth-order valence-electron chi connectivity index (χ4n) is 2.65. The fraction of sp³-hybridized carbons (Fsp3) is 0.889. The molecule has 1 fully saturated rings. The highest BCUT2D eigenvalue weighted by Gasteiger charge is 2.60.